The number of carbonyl (C=O) groups is 2. The number of hydrogen-bond donors (Lipinski definition) is 2. The van der Waals surface area contributed by atoms with Gasteiger partial charge in [-0.25, -0.2) is 0 Å². The number of carboxylic acid groups (broad SMARTS) is 1. The van der Waals surface area contributed by atoms with E-state index < -0.39 is 5.97 Å². The fourth-order valence-electron chi connectivity index (χ4n) is 2.15. The van der Waals surface area contributed by atoms with Gasteiger partial charge in [-0.15, -0.1) is 12.3 Å². The van der Waals surface area contributed by atoms with Crippen LogP contribution in [0.25, 0.3) is 0 Å². The van der Waals surface area contributed by atoms with Crippen LogP contribution < -0.4 is 5.32 Å². The Balaban J connectivity index is 2.17. The van der Waals surface area contributed by atoms with Gasteiger partial charge in [0.1, 0.15) is 0 Å². The van der Waals surface area contributed by atoms with Crippen molar-refractivity contribution in [1.29, 1.82) is 0 Å². The van der Waals surface area contributed by atoms with E-state index in [1.807, 2.05) is 0 Å². The molecule has 0 aromatic heterocycles. The Hall–Kier alpha value is -1.50. The van der Waals surface area contributed by atoms with Gasteiger partial charge in [-0.3, -0.25) is 9.59 Å². The summed E-state index contributed by atoms with van der Waals surface area (Å²) in [6.45, 7) is 0.634. The fraction of sp³-hybridized carbons (Fsp3) is 0.692. The molecule has 2 atom stereocenters. The molecular weight excluding hydrogens is 218 g/mol. The third-order valence-corrected chi connectivity index (χ3v) is 3.20. The lowest BCUT2D eigenvalue weighted by molar-refractivity contribution is -0.141. The topological polar surface area (TPSA) is 66.4 Å². The molecule has 0 bridgehead atoms. The second kappa shape index (κ2) is 6.95. The van der Waals surface area contributed by atoms with Crippen molar-refractivity contribution in [1.82, 2.24) is 5.32 Å². The van der Waals surface area contributed by atoms with Crippen LogP contribution in [-0.2, 0) is 9.59 Å². The lowest BCUT2D eigenvalue weighted by Crippen LogP contribution is -2.30. The second-order valence-electron chi connectivity index (χ2n) is 4.50. The molecule has 0 spiro atoms. The van der Waals surface area contributed by atoms with Crippen molar-refractivity contribution in [2.45, 2.75) is 38.5 Å². The largest absolute Gasteiger partial charge is 0.481 e. The van der Waals surface area contributed by atoms with Crippen molar-refractivity contribution in [3.63, 3.8) is 0 Å². The lowest BCUT2D eigenvalue weighted by atomic mass is 10.0. The maximum absolute atomic E-state index is 11.7. The maximum atomic E-state index is 11.7. The van der Waals surface area contributed by atoms with E-state index >= 15 is 0 Å². The SMILES string of the molecule is C#CCCCCNC(=O)[C@@H]1CC[C@H](C(=O)O)C1. The van der Waals surface area contributed by atoms with Crippen LogP contribution in [-0.4, -0.2) is 23.5 Å². The molecule has 0 aromatic carbocycles. The molecule has 0 saturated heterocycles. The van der Waals surface area contributed by atoms with Crippen LogP contribution >= 0.6 is 0 Å². The highest BCUT2D eigenvalue weighted by Gasteiger charge is 2.33. The predicted octanol–water partition coefficient (Wildman–Crippen LogP) is 1.41. The summed E-state index contributed by atoms with van der Waals surface area (Å²) in [6.07, 6.45) is 9.43. The summed E-state index contributed by atoms with van der Waals surface area (Å²) in [5, 5.41) is 11.7. The number of unbranched alkanes of at least 4 members (excludes halogenated alkanes) is 2. The third-order valence-electron chi connectivity index (χ3n) is 3.20. The number of carbonyl (C=O) groups excluding carboxylic acids is 1. The number of amides is 1. The van der Waals surface area contributed by atoms with Crippen molar-refractivity contribution in [3.05, 3.63) is 0 Å². The maximum Gasteiger partial charge on any atom is 0.306 e. The molecular formula is C13H19NO3. The van der Waals surface area contributed by atoms with E-state index in [9.17, 15) is 9.59 Å². The average molecular weight is 237 g/mol. The van der Waals surface area contributed by atoms with Crippen LogP contribution in [0.15, 0.2) is 0 Å². The number of hydrogen-bond acceptors (Lipinski definition) is 2. The summed E-state index contributed by atoms with van der Waals surface area (Å²) in [4.78, 5) is 22.5. The van der Waals surface area contributed by atoms with Gasteiger partial charge in [0, 0.05) is 18.9 Å². The van der Waals surface area contributed by atoms with Crippen molar-refractivity contribution in [3.8, 4) is 12.3 Å². The Labute approximate surface area is 102 Å². The molecule has 0 unspecified atom stereocenters. The van der Waals surface area contributed by atoms with Crippen LogP contribution in [0.3, 0.4) is 0 Å². The smallest absolute Gasteiger partial charge is 0.306 e. The average Bonchev–Trinajstić information content (AvgIpc) is 2.78. The molecule has 2 N–H and O–H groups in total. The van der Waals surface area contributed by atoms with E-state index in [4.69, 9.17) is 11.5 Å². The summed E-state index contributed by atoms with van der Waals surface area (Å²) >= 11 is 0. The van der Waals surface area contributed by atoms with Crippen molar-refractivity contribution < 1.29 is 14.7 Å². The molecule has 1 saturated carbocycles. The molecule has 0 heterocycles. The zero-order chi connectivity index (χ0) is 12.7. The molecule has 4 nitrogen and oxygen atoms in total. The number of carboxylic acids is 1. The summed E-state index contributed by atoms with van der Waals surface area (Å²) < 4.78 is 0. The zero-order valence-corrected chi connectivity index (χ0v) is 9.95. The van der Waals surface area contributed by atoms with E-state index in [0.717, 1.165) is 19.3 Å². The molecule has 0 aromatic rings. The van der Waals surface area contributed by atoms with Gasteiger partial charge in [0.2, 0.25) is 5.91 Å². The molecule has 1 aliphatic carbocycles. The minimum Gasteiger partial charge on any atom is -0.481 e. The van der Waals surface area contributed by atoms with E-state index in [1.165, 1.54) is 0 Å². The van der Waals surface area contributed by atoms with E-state index in [-0.39, 0.29) is 17.7 Å². The monoisotopic (exact) mass is 237 g/mol. The van der Waals surface area contributed by atoms with Crippen LogP contribution in [0, 0.1) is 24.2 Å². The molecule has 0 aliphatic heterocycles. The zero-order valence-electron chi connectivity index (χ0n) is 9.95. The highest BCUT2D eigenvalue weighted by Crippen LogP contribution is 2.30. The fourth-order valence-corrected chi connectivity index (χ4v) is 2.15. The first-order chi connectivity index (χ1) is 8.15. The van der Waals surface area contributed by atoms with Crippen LogP contribution in [0.4, 0.5) is 0 Å². The normalized spacial score (nSPS) is 23.0. The Kier molecular flexibility index (Phi) is 5.55. The lowest BCUT2D eigenvalue weighted by Gasteiger charge is -2.10. The standard InChI is InChI=1S/C13H19NO3/c1-2-3-4-5-8-14-12(15)10-6-7-11(9-10)13(16)17/h1,10-11H,3-9H2,(H,14,15)(H,16,17)/t10-,11+/m1/s1. The molecule has 1 fully saturated rings. The van der Waals surface area contributed by atoms with Gasteiger partial charge in [-0.05, 0) is 32.1 Å². The van der Waals surface area contributed by atoms with Gasteiger partial charge in [0.05, 0.1) is 5.92 Å². The third kappa shape index (κ3) is 4.48. The minimum atomic E-state index is -0.783. The quantitative estimate of drug-likeness (QED) is 0.542. The summed E-state index contributed by atoms with van der Waals surface area (Å²) in [5.74, 6) is 1.30. The molecule has 1 aliphatic rings. The summed E-state index contributed by atoms with van der Waals surface area (Å²) in [7, 11) is 0. The van der Waals surface area contributed by atoms with Crippen LogP contribution in [0.1, 0.15) is 38.5 Å². The molecule has 0 radical (unpaired) electrons. The van der Waals surface area contributed by atoms with E-state index in [1.54, 1.807) is 0 Å². The number of terminal acetylenes is 1. The van der Waals surface area contributed by atoms with Crippen LogP contribution in [0.5, 0.6) is 0 Å². The van der Waals surface area contributed by atoms with Gasteiger partial charge in [0.15, 0.2) is 0 Å². The van der Waals surface area contributed by atoms with E-state index in [0.29, 0.717) is 25.8 Å². The molecule has 4 heteroatoms. The first kappa shape index (κ1) is 13.6. The van der Waals surface area contributed by atoms with Crippen molar-refractivity contribution >= 4 is 11.9 Å². The Morgan fingerprint density at radius 3 is 2.59 bits per heavy atom. The predicted molar refractivity (Wildman–Crippen MR) is 64.2 cm³/mol. The Morgan fingerprint density at radius 1 is 1.29 bits per heavy atom. The summed E-state index contributed by atoms with van der Waals surface area (Å²) in [5.41, 5.74) is 0. The van der Waals surface area contributed by atoms with Gasteiger partial charge in [0.25, 0.3) is 0 Å². The summed E-state index contributed by atoms with van der Waals surface area (Å²) in [6, 6.07) is 0. The molecule has 1 amide bonds. The highest BCUT2D eigenvalue weighted by atomic mass is 16.4. The minimum absolute atomic E-state index is 0.00513. The van der Waals surface area contributed by atoms with Gasteiger partial charge >= 0.3 is 5.97 Å². The molecule has 17 heavy (non-hydrogen) atoms. The van der Waals surface area contributed by atoms with Gasteiger partial charge in [-0.2, -0.15) is 0 Å². The molecule has 1 rings (SSSR count). The Morgan fingerprint density at radius 2 is 2.00 bits per heavy atom. The van der Waals surface area contributed by atoms with Gasteiger partial charge in [-0.1, -0.05) is 0 Å². The molecule has 94 valence electrons. The highest BCUT2D eigenvalue weighted by molar-refractivity contribution is 5.80. The van der Waals surface area contributed by atoms with Crippen molar-refractivity contribution in [2.24, 2.45) is 11.8 Å². The number of aliphatic carboxylic acids is 1. The first-order valence-corrected chi connectivity index (χ1v) is 6.09. The number of rotatable bonds is 6. The second-order valence-corrected chi connectivity index (χ2v) is 4.50. The van der Waals surface area contributed by atoms with Crippen LogP contribution in [0.2, 0.25) is 0 Å². The van der Waals surface area contributed by atoms with Gasteiger partial charge < -0.3 is 10.4 Å². The first-order valence-electron chi connectivity index (χ1n) is 6.09. The van der Waals surface area contributed by atoms with Crippen molar-refractivity contribution in [2.75, 3.05) is 6.54 Å². The number of nitrogens with one attached hydrogen (secondary N) is 1. The Bertz CT molecular complexity index is 319. The van der Waals surface area contributed by atoms with E-state index in [2.05, 4.69) is 11.2 Å².